The van der Waals surface area contributed by atoms with Gasteiger partial charge in [0.05, 0.1) is 18.7 Å². The molecule has 16 nitrogen and oxygen atoms in total. The maximum absolute atomic E-state index is 13.9. The maximum Gasteiger partial charge on any atom is 0.407 e. The molecule has 0 bridgehead atoms. The van der Waals surface area contributed by atoms with Gasteiger partial charge in [-0.1, -0.05) is 68.9 Å². The van der Waals surface area contributed by atoms with Gasteiger partial charge in [0.25, 0.3) is 5.91 Å². The SMILES string of the molecule is C[C@@H](O)[C@H](NC(=O)CNC(=O)[C@@H](NC(=O)[C@H](CCCCN)NC(=O)COc1ccc2ccccc2c1)C1CCCCC1)C(=O)N1CCC[C@H]1COC(=O)NC1CCCCC1. The van der Waals surface area contributed by atoms with Crippen LogP contribution in [-0.4, -0.2) is 115 Å². The number of hydrogen-bond acceptors (Lipinski definition) is 10. The molecule has 1 heterocycles. The normalized spacial score (nSPS) is 19.3. The van der Waals surface area contributed by atoms with Gasteiger partial charge in [-0.05, 0) is 100 Å². The minimum absolute atomic E-state index is 0.00818. The standard InChI is InChI=1S/C44H65N7O9/c1-29(52)39(43(57)51-24-12-19-34(51)27-60-44(58)47-33-17-6-3-7-18-33)49-37(53)26-46-42(56)40(31-14-4-2-5-15-31)50-41(55)36(20-10-11-23-45)48-38(54)28-59-35-22-21-30-13-8-9-16-32(30)25-35/h8-9,13,16,21-22,25,29,31,33-34,36,39-40,52H,2-7,10-12,14-15,17-20,23-24,26-28,45H2,1H3,(H,46,56)(H,47,58)(H,48,54)(H,49,53)(H,50,55)/t29-,34+,36+,39+,40+/m1/s1. The van der Waals surface area contributed by atoms with Crippen molar-refractivity contribution in [3.63, 3.8) is 0 Å². The number of unbranched alkanes of at least 4 members (excludes halogenated alkanes) is 1. The summed E-state index contributed by atoms with van der Waals surface area (Å²) in [4.78, 5) is 81.7. The average Bonchev–Trinajstić information content (AvgIpc) is 3.74. The highest BCUT2D eigenvalue weighted by molar-refractivity contribution is 5.95. The van der Waals surface area contributed by atoms with Crippen LogP contribution in [0.4, 0.5) is 4.79 Å². The number of rotatable bonds is 20. The van der Waals surface area contributed by atoms with Crippen LogP contribution in [0.15, 0.2) is 42.5 Å². The topological polar surface area (TPSA) is 231 Å². The largest absolute Gasteiger partial charge is 0.484 e. The first-order chi connectivity index (χ1) is 29.0. The van der Waals surface area contributed by atoms with Crippen LogP contribution in [0.1, 0.15) is 103 Å². The van der Waals surface area contributed by atoms with Gasteiger partial charge in [-0.15, -0.1) is 0 Å². The first kappa shape index (κ1) is 46.1. The lowest BCUT2D eigenvalue weighted by molar-refractivity contribution is -0.140. The Bertz CT molecular complexity index is 1750. The van der Waals surface area contributed by atoms with E-state index < -0.39 is 72.4 Å². The summed E-state index contributed by atoms with van der Waals surface area (Å²) in [6.45, 7) is 1.35. The summed E-state index contributed by atoms with van der Waals surface area (Å²) in [5.41, 5.74) is 5.72. The summed E-state index contributed by atoms with van der Waals surface area (Å²) in [6, 6.07) is 9.72. The van der Waals surface area contributed by atoms with Crippen LogP contribution in [0.3, 0.4) is 0 Å². The summed E-state index contributed by atoms with van der Waals surface area (Å²) >= 11 is 0. The lowest BCUT2D eigenvalue weighted by Gasteiger charge is -2.32. The summed E-state index contributed by atoms with van der Waals surface area (Å²) in [5, 5.41) is 26.4. The number of carbonyl (C=O) groups excluding carboxylic acids is 6. The number of likely N-dealkylation sites (tertiary alicyclic amines) is 1. The molecule has 0 unspecified atom stereocenters. The molecule has 6 amide bonds. The molecule has 2 saturated carbocycles. The van der Waals surface area contributed by atoms with Gasteiger partial charge in [0, 0.05) is 12.6 Å². The number of carbonyl (C=O) groups is 6. The zero-order valence-electron chi connectivity index (χ0n) is 35.0. The van der Waals surface area contributed by atoms with Crippen molar-refractivity contribution in [3.8, 4) is 5.75 Å². The molecule has 0 spiro atoms. The molecule has 3 aliphatic rings. The third-order valence-corrected chi connectivity index (χ3v) is 11.9. The predicted molar refractivity (Wildman–Crippen MR) is 225 cm³/mol. The second-order valence-corrected chi connectivity index (χ2v) is 16.5. The molecule has 3 fully saturated rings. The highest BCUT2D eigenvalue weighted by atomic mass is 16.5. The molecule has 60 heavy (non-hydrogen) atoms. The van der Waals surface area contributed by atoms with E-state index in [4.69, 9.17) is 15.2 Å². The van der Waals surface area contributed by atoms with E-state index >= 15 is 0 Å². The van der Waals surface area contributed by atoms with Crippen molar-refractivity contribution >= 4 is 46.4 Å². The van der Waals surface area contributed by atoms with Crippen LogP contribution in [0.2, 0.25) is 0 Å². The Labute approximate surface area is 352 Å². The van der Waals surface area contributed by atoms with Crippen LogP contribution >= 0.6 is 0 Å². The van der Waals surface area contributed by atoms with E-state index in [0.717, 1.165) is 62.1 Å². The number of amides is 6. The monoisotopic (exact) mass is 835 g/mol. The van der Waals surface area contributed by atoms with Crippen LogP contribution in [0.5, 0.6) is 5.75 Å². The molecule has 330 valence electrons. The van der Waals surface area contributed by atoms with E-state index in [1.165, 1.54) is 11.8 Å². The molecule has 5 rings (SSSR count). The number of nitrogens with two attached hydrogens (primary N) is 1. The zero-order chi connectivity index (χ0) is 42.9. The molecular formula is C44H65N7O9. The molecular weight excluding hydrogens is 771 g/mol. The fraction of sp³-hybridized carbons (Fsp3) is 0.636. The number of aliphatic hydroxyl groups excluding tert-OH is 1. The fourth-order valence-corrected chi connectivity index (χ4v) is 8.52. The van der Waals surface area contributed by atoms with Gasteiger partial charge in [0.1, 0.15) is 30.5 Å². The lowest BCUT2D eigenvalue weighted by atomic mass is 9.83. The van der Waals surface area contributed by atoms with Gasteiger partial charge >= 0.3 is 6.09 Å². The van der Waals surface area contributed by atoms with Crippen molar-refractivity contribution in [1.82, 2.24) is 31.5 Å². The number of ether oxygens (including phenoxy) is 2. The summed E-state index contributed by atoms with van der Waals surface area (Å²) in [7, 11) is 0. The summed E-state index contributed by atoms with van der Waals surface area (Å²) in [6.07, 6.45) is 10.2. The van der Waals surface area contributed by atoms with Gasteiger partial charge < -0.3 is 51.8 Å². The molecule has 0 radical (unpaired) electrons. The van der Waals surface area contributed by atoms with Gasteiger partial charge in [0.2, 0.25) is 23.6 Å². The smallest absolute Gasteiger partial charge is 0.407 e. The maximum atomic E-state index is 13.9. The first-order valence-electron chi connectivity index (χ1n) is 21.9. The third kappa shape index (κ3) is 14.1. The number of hydrogen-bond donors (Lipinski definition) is 7. The Balaban J connectivity index is 1.15. The fourth-order valence-electron chi connectivity index (χ4n) is 8.52. The van der Waals surface area contributed by atoms with Crippen molar-refractivity contribution in [3.05, 3.63) is 42.5 Å². The molecule has 1 saturated heterocycles. The summed E-state index contributed by atoms with van der Waals surface area (Å²) < 4.78 is 11.2. The molecule has 1 aliphatic heterocycles. The molecule has 16 heteroatoms. The third-order valence-electron chi connectivity index (χ3n) is 11.9. The Kier molecular flexibility index (Phi) is 18.2. The Morgan fingerprint density at radius 3 is 2.25 bits per heavy atom. The predicted octanol–water partition coefficient (Wildman–Crippen LogP) is 2.93. The number of benzene rings is 2. The number of nitrogens with one attached hydrogen (secondary N) is 5. The highest BCUT2D eigenvalue weighted by Gasteiger charge is 2.38. The van der Waals surface area contributed by atoms with E-state index in [1.807, 2.05) is 36.4 Å². The van der Waals surface area contributed by atoms with Crippen molar-refractivity contribution in [2.24, 2.45) is 11.7 Å². The van der Waals surface area contributed by atoms with E-state index in [-0.39, 0.29) is 25.2 Å². The first-order valence-corrected chi connectivity index (χ1v) is 21.9. The second kappa shape index (κ2) is 23.7. The van der Waals surface area contributed by atoms with Gasteiger partial charge in [0.15, 0.2) is 6.61 Å². The zero-order valence-corrected chi connectivity index (χ0v) is 35.0. The van der Waals surface area contributed by atoms with Crippen LogP contribution in [0.25, 0.3) is 10.8 Å². The highest BCUT2D eigenvalue weighted by Crippen LogP contribution is 2.27. The van der Waals surface area contributed by atoms with Gasteiger partial charge in [-0.3, -0.25) is 24.0 Å². The van der Waals surface area contributed by atoms with Crippen molar-refractivity contribution < 1.29 is 43.3 Å². The number of aliphatic hydroxyl groups is 1. The molecule has 2 aromatic carbocycles. The Morgan fingerprint density at radius 2 is 1.53 bits per heavy atom. The average molecular weight is 836 g/mol. The Morgan fingerprint density at radius 1 is 0.817 bits per heavy atom. The van der Waals surface area contributed by atoms with E-state index in [0.29, 0.717) is 63.8 Å². The van der Waals surface area contributed by atoms with E-state index in [9.17, 15) is 33.9 Å². The van der Waals surface area contributed by atoms with E-state index in [2.05, 4.69) is 26.6 Å². The number of alkyl carbamates (subject to hydrolysis) is 1. The lowest BCUT2D eigenvalue weighted by Crippen LogP contribution is -2.59. The minimum Gasteiger partial charge on any atom is -0.484 e. The Hall–Kier alpha value is -4.96. The van der Waals surface area contributed by atoms with Gasteiger partial charge in [-0.2, -0.15) is 0 Å². The van der Waals surface area contributed by atoms with Crippen molar-refractivity contribution in [2.75, 3.05) is 32.8 Å². The molecule has 5 atom stereocenters. The second-order valence-electron chi connectivity index (χ2n) is 16.5. The van der Waals surface area contributed by atoms with Crippen LogP contribution < -0.4 is 37.1 Å². The molecule has 2 aliphatic carbocycles. The number of nitrogens with zero attached hydrogens (tertiary/aromatic N) is 1. The molecule has 0 aromatic heterocycles. The van der Waals surface area contributed by atoms with E-state index in [1.54, 1.807) is 6.07 Å². The number of fused-ring (bicyclic) bond motifs is 1. The van der Waals surface area contributed by atoms with Crippen molar-refractivity contribution in [2.45, 2.75) is 140 Å². The molecule has 2 aromatic rings. The van der Waals surface area contributed by atoms with Gasteiger partial charge in [-0.25, -0.2) is 4.79 Å². The summed E-state index contributed by atoms with van der Waals surface area (Å²) in [5.74, 6) is -2.50. The quantitative estimate of drug-likeness (QED) is 0.0965. The van der Waals surface area contributed by atoms with Crippen molar-refractivity contribution in [1.29, 1.82) is 0 Å². The van der Waals surface area contributed by atoms with Crippen LogP contribution in [-0.2, 0) is 28.7 Å². The van der Waals surface area contributed by atoms with Crippen LogP contribution in [0, 0.1) is 5.92 Å². The minimum atomic E-state index is -1.30. The molecule has 8 N–H and O–H groups in total.